The zero-order valence-corrected chi connectivity index (χ0v) is 22.4. The molecule has 0 amide bonds. The average Bonchev–Trinajstić information content (AvgIpc) is 3.76. The number of aromatic nitrogens is 3. The molecule has 3 aromatic carbocycles. The zero-order chi connectivity index (χ0) is 27.6. The van der Waals surface area contributed by atoms with Gasteiger partial charge in [0, 0.05) is 24.5 Å². The molecule has 5 aromatic rings. The SMILES string of the molecule is Cc1cc(C2CC2)cc(C)c1Oc1nc(Nc2ccc(/C=C/C#N)cc2)nc2c(F)cn(Cc3ccccc3)c12. The van der Waals surface area contributed by atoms with E-state index in [1.54, 1.807) is 10.6 Å². The molecule has 0 radical (unpaired) electrons. The lowest BCUT2D eigenvalue weighted by molar-refractivity contribution is 0.458. The van der Waals surface area contributed by atoms with Gasteiger partial charge in [0.25, 0.3) is 0 Å². The molecule has 2 aromatic heterocycles. The lowest BCUT2D eigenvalue weighted by Gasteiger charge is -2.16. The second-order valence-electron chi connectivity index (χ2n) is 10.2. The summed E-state index contributed by atoms with van der Waals surface area (Å²) < 4.78 is 23.7. The average molecular weight is 530 g/mol. The third kappa shape index (κ3) is 5.29. The molecule has 2 heterocycles. The molecule has 0 aliphatic heterocycles. The first-order valence-electron chi connectivity index (χ1n) is 13.3. The third-order valence-corrected chi connectivity index (χ3v) is 7.08. The summed E-state index contributed by atoms with van der Waals surface area (Å²) in [6.45, 7) is 4.53. The van der Waals surface area contributed by atoms with Crippen LogP contribution < -0.4 is 10.1 Å². The lowest BCUT2D eigenvalue weighted by Crippen LogP contribution is -2.05. The van der Waals surface area contributed by atoms with Crippen molar-refractivity contribution in [2.45, 2.75) is 39.2 Å². The van der Waals surface area contributed by atoms with Gasteiger partial charge in [0.15, 0.2) is 5.82 Å². The van der Waals surface area contributed by atoms with Gasteiger partial charge in [-0.15, -0.1) is 0 Å². The maximum Gasteiger partial charge on any atom is 0.249 e. The van der Waals surface area contributed by atoms with Gasteiger partial charge in [-0.05, 0) is 78.6 Å². The molecular formula is C33H28FN5O. The standard InChI is InChI=1S/C33H28FN5O/c1-21-17-26(25-12-13-25)18-22(2)31(21)40-32-30-29(28(34)20-39(30)19-24-7-4-3-5-8-24)37-33(38-32)36-27-14-10-23(11-15-27)9-6-16-35/h3-11,14-15,17-18,20,25H,12-13,19H2,1-2H3,(H,36,37,38)/b9-6+. The van der Waals surface area contributed by atoms with Crippen molar-refractivity contribution in [2.24, 2.45) is 0 Å². The van der Waals surface area contributed by atoms with Crippen molar-refractivity contribution in [3.05, 3.63) is 113 Å². The molecule has 7 heteroatoms. The summed E-state index contributed by atoms with van der Waals surface area (Å²) in [5.74, 6) is 1.41. The largest absolute Gasteiger partial charge is 0.436 e. The molecule has 40 heavy (non-hydrogen) atoms. The molecule has 1 fully saturated rings. The van der Waals surface area contributed by atoms with E-state index in [0.29, 0.717) is 18.0 Å². The van der Waals surface area contributed by atoms with Crippen molar-refractivity contribution in [3.63, 3.8) is 0 Å². The van der Waals surface area contributed by atoms with E-state index in [-0.39, 0.29) is 17.3 Å². The fraction of sp³-hybridized carbons (Fsp3) is 0.182. The Kier molecular flexibility index (Phi) is 6.75. The first-order valence-corrected chi connectivity index (χ1v) is 13.3. The molecule has 1 N–H and O–H groups in total. The Morgan fingerprint density at radius 2 is 1.77 bits per heavy atom. The van der Waals surface area contributed by atoms with Crippen molar-refractivity contribution < 1.29 is 9.13 Å². The fourth-order valence-electron chi connectivity index (χ4n) is 4.99. The van der Waals surface area contributed by atoms with Crippen LogP contribution in [0.3, 0.4) is 0 Å². The second-order valence-corrected chi connectivity index (χ2v) is 10.2. The number of hydrogen-bond acceptors (Lipinski definition) is 5. The number of nitrogens with one attached hydrogen (secondary N) is 1. The molecule has 6 rings (SSSR count). The number of aryl methyl sites for hydroxylation is 2. The Morgan fingerprint density at radius 1 is 1.05 bits per heavy atom. The molecule has 198 valence electrons. The second kappa shape index (κ2) is 10.7. The Bertz CT molecular complexity index is 1740. The van der Waals surface area contributed by atoms with Crippen molar-refractivity contribution in [2.75, 3.05) is 5.32 Å². The van der Waals surface area contributed by atoms with Crippen LogP contribution in [0, 0.1) is 31.0 Å². The number of fused-ring (bicyclic) bond motifs is 1. The van der Waals surface area contributed by atoms with Crippen molar-refractivity contribution in [3.8, 4) is 17.7 Å². The highest BCUT2D eigenvalue weighted by atomic mass is 19.1. The molecule has 1 aliphatic carbocycles. The smallest absolute Gasteiger partial charge is 0.249 e. The highest BCUT2D eigenvalue weighted by Gasteiger charge is 2.26. The van der Waals surface area contributed by atoms with Gasteiger partial charge < -0.3 is 14.6 Å². The number of nitriles is 1. The number of nitrogens with zero attached hydrogens (tertiary/aromatic N) is 4. The topological polar surface area (TPSA) is 75.8 Å². The summed E-state index contributed by atoms with van der Waals surface area (Å²) in [5, 5.41) is 12.0. The number of anilines is 2. The molecule has 1 aliphatic rings. The number of allylic oxidation sites excluding steroid dienone is 1. The Hall–Kier alpha value is -4.96. The van der Waals surface area contributed by atoms with Gasteiger partial charge >= 0.3 is 0 Å². The van der Waals surface area contributed by atoms with Crippen LogP contribution in [0.1, 0.15) is 46.6 Å². The molecule has 0 atom stereocenters. The van der Waals surface area contributed by atoms with Crippen LogP contribution >= 0.6 is 0 Å². The van der Waals surface area contributed by atoms with Gasteiger partial charge in [0.1, 0.15) is 16.8 Å². The van der Waals surface area contributed by atoms with Crippen LogP contribution in [-0.4, -0.2) is 14.5 Å². The van der Waals surface area contributed by atoms with Gasteiger partial charge in [-0.3, -0.25) is 0 Å². The van der Waals surface area contributed by atoms with Gasteiger partial charge in [0.2, 0.25) is 11.8 Å². The summed E-state index contributed by atoms with van der Waals surface area (Å²) in [5.41, 5.74) is 6.69. The van der Waals surface area contributed by atoms with E-state index in [1.165, 1.54) is 30.7 Å². The highest BCUT2D eigenvalue weighted by Crippen LogP contribution is 2.43. The monoisotopic (exact) mass is 529 g/mol. The summed E-state index contributed by atoms with van der Waals surface area (Å²) >= 11 is 0. The summed E-state index contributed by atoms with van der Waals surface area (Å²) in [4.78, 5) is 9.28. The van der Waals surface area contributed by atoms with Crippen LogP contribution in [0.15, 0.2) is 79.0 Å². The molecule has 0 unspecified atom stereocenters. The fourth-order valence-corrected chi connectivity index (χ4v) is 4.99. The predicted molar refractivity (Wildman–Crippen MR) is 155 cm³/mol. The number of benzene rings is 3. The first kappa shape index (κ1) is 25.3. The normalized spacial score (nSPS) is 13.1. The van der Waals surface area contributed by atoms with Crippen LogP contribution in [0.25, 0.3) is 17.1 Å². The third-order valence-electron chi connectivity index (χ3n) is 7.08. The maximum atomic E-state index is 15.4. The highest BCUT2D eigenvalue weighted by molar-refractivity contribution is 5.83. The quantitative estimate of drug-likeness (QED) is 0.205. The summed E-state index contributed by atoms with van der Waals surface area (Å²) in [6.07, 6.45) is 7.05. The number of ether oxygens (including phenoxy) is 1. The van der Waals surface area contributed by atoms with E-state index in [0.717, 1.165) is 33.7 Å². The number of halogens is 1. The Labute approximate surface area is 232 Å². The minimum atomic E-state index is -0.448. The molecule has 0 bridgehead atoms. The first-order chi connectivity index (χ1) is 19.5. The van der Waals surface area contributed by atoms with Crippen molar-refractivity contribution >= 4 is 28.7 Å². The Balaban J connectivity index is 1.42. The minimum absolute atomic E-state index is 0.182. The van der Waals surface area contributed by atoms with Crippen LogP contribution in [0.5, 0.6) is 11.6 Å². The van der Waals surface area contributed by atoms with Gasteiger partial charge in [-0.2, -0.15) is 10.2 Å². The molecule has 1 saturated carbocycles. The van der Waals surface area contributed by atoms with Gasteiger partial charge in [-0.25, -0.2) is 9.37 Å². The Morgan fingerprint density at radius 3 is 2.45 bits per heavy atom. The predicted octanol–water partition coefficient (Wildman–Crippen LogP) is 8.19. The van der Waals surface area contributed by atoms with E-state index < -0.39 is 5.82 Å². The van der Waals surface area contributed by atoms with E-state index in [9.17, 15) is 0 Å². The molecule has 0 saturated heterocycles. The van der Waals surface area contributed by atoms with Crippen molar-refractivity contribution in [1.29, 1.82) is 5.26 Å². The van der Waals surface area contributed by atoms with Crippen LogP contribution in [0.2, 0.25) is 0 Å². The maximum absolute atomic E-state index is 15.4. The molecule has 0 spiro atoms. The van der Waals surface area contributed by atoms with E-state index in [1.807, 2.05) is 74.5 Å². The van der Waals surface area contributed by atoms with Crippen LogP contribution in [0.4, 0.5) is 16.0 Å². The summed E-state index contributed by atoms with van der Waals surface area (Å²) in [6, 6.07) is 23.7. The van der Waals surface area contributed by atoms with Gasteiger partial charge in [0.05, 0.1) is 6.07 Å². The lowest BCUT2D eigenvalue weighted by atomic mass is 10.0. The number of rotatable bonds is 8. The van der Waals surface area contributed by atoms with E-state index >= 15 is 4.39 Å². The summed E-state index contributed by atoms with van der Waals surface area (Å²) in [7, 11) is 0. The van der Waals surface area contributed by atoms with Gasteiger partial charge in [-0.1, -0.05) is 54.6 Å². The minimum Gasteiger partial charge on any atom is -0.436 e. The molecule has 6 nitrogen and oxygen atoms in total. The number of hydrogen-bond donors (Lipinski definition) is 1. The van der Waals surface area contributed by atoms with Crippen molar-refractivity contribution in [1.82, 2.24) is 14.5 Å². The van der Waals surface area contributed by atoms with E-state index in [2.05, 4.69) is 22.4 Å². The van der Waals surface area contributed by atoms with Crippen LogP contribution in [-0.2, 0) is 6.54 Å². The van der Waals surface area contributed by atoms with E-state index in [4.69, 9.17) is 15.0 Å². The zero-order valence-electron chi connectivity index (χ0n) is 22.4. The molecular weight excluding hydrogens is 501 g/mol.